The third-order valence-electron chi connectivity index (χ3n) is 3.26. The fourth-order valence-corrected chi connectivity index (χ4v) is 2.03. The largest absolute Gasteiger partial charge is 0.396 e. The highest BCUT2D eigenvalue weighted by atomic mass is 16.2. The van der Waals surface area contributed by atoms with Gasteiger partial charge in [-0.1, -0.05) is 45.0 Å². The Labute approximate surface area is 114 Å². The zero-order valence-corrected chi connectivity index (χ0v) is 11.9. The highest BCUT2D eigenvalue weighted by Gasteiger charge is 2.13. The van der Waals surface area contributed by atoms with Gasteiger partial charge in [0.2, 0.25) is 0 Å². The number of aliphatic hydroxyl groups is 1. The van der Waals surface area contributed by atoms with E-state index < -0.39 is 0 Å². The Hall–Kier alpha value is -1.61. The van der Waals surface area contributed by atoms with Crippen LogP contribution in [0.25, 0.3) is 11.3 Å². The lowest BCUT2D eigenvalue weighted by Gasteiger charge is -2.18. The average molecular weight is 258 g/mol. The summed E-state index contributed by atoms with van der Waals surface area (Å²) in [6.45, 7) is 6.85. The van der Waals surface area contributed by atoms with Crippen LogP contribution in [0.5, 0.6) is 0 Å². The zero-order valence-electron chi connectivity index (χ0n) is 11.9. The van der Waals surface area contributed by atoms with Crippen LogP contribution in [0, 0.1) is 0 Å². The lowest BCUT2D eigenvalue weighted by atomic mass is 9.86. The minimum absolute atomic E-state index is 0.179. The number of H-pyrrole nitrogens is 1. The lowest BCUT2D eigenvalue weighted by molar-refractivity contribution is 0.287. The predicted molar refractivity (Wildman–Crippen MR) is 78.1 cm³/mol. The molecule has 0 atom stereocenters. The predicted octanol–water partition coefficient (Wildman–Crippen LogP) is 3.30. The molecule has 1 aromatic carbocycles. The molecule has 0 bridgehead atoms. The second-order valence-corrected chi connectivity index (χ2v) is 5.90. The van der Waals surface area contributed by atoms with Crippen molar-refractivity contribution in [1.82, 2.24) is 9.97 Å². The van der Waals surface area contributed by atoms with E-state index in [1.807, 2.05) is 6.20 Å². The second kappa shape index (κ2) is 5.57. The van der Waals surface area contributed by atoms with Crippen LogP contribution in [0.4, 0.5) is 0 Å². The van der Waals surface area contributed by atoms with Gasteiger partial charge in [0.05, 0.1) is 11.9 Å². The Morgan fingerprint density at radius 1 is 1.16 bits per heavy atom. The number of aryl methyl sites for hydroxylation is 1. The van der Waals surface area contributed by atoms with Crippen LogP contribution in [-0.2, 0) is 11.8 Å². The van der Waals surface area contributed by atoms with Gasteiger partial charge in [0, 0.05) is 13.0 Å². The standard InChI is InChI=1S/C16H22N2O/c1-16(2,3)13-8-6-12(7-9-13)14-11-17-15(18-14)5-4-10-19/h6-9,11,19H,4-5,10H2,1-3H3,(H,17,18). The normalized spacial score (nSPS) is 11.8. The van der Waals surface area contributed by atoms with Gasteiger partial charge in [-0.3, -0.25) is 0 Å². The highest BCUT2D eigenvalue weighted by Crippen LogP contribution is 2.25. The molecule has 2 N–H and O–H groups in total. The summed E-state index contributed by atoms with van der Waals surface area (Å²) in [6.07, 6.45) is 3.39. The molecule has 3 nitrogen and oxygen atoms in total. The Morgan fingerprint density at radius 2 is 1.84 bits per heavy atom. The molecule has 3 heteroatoms. The summed E-state index contributed by atoms with van der Waals surface area (Å²) in [5.41, 5.74) is 3.69. The van der Waals surface area contributed by atoms with E-state index in [1.54, 1.807) is 0 Å². The fraction of sp³-hybridized carbons (Fsp3) is 0.438. The molecule has 102 valence electrons. The van der Waals surface area contributed by atoms with Crippen LogP contribution >= 0.6 is 0 Å². The highest BCUT2D eigenvalue weighted by molar-refractivity contribution is 5.59. The first-order valence-electron chi connectivity index (χ1n) is 6.76. The summed E-state index contributed by atoms with van der Waals surface area (Å²) in [5.74, 6) is 0.934. The van der Waals surface area contributed by atoms with Gasteiger partial charge < -0.3 is 10.1 Å². The summed E-state index contributed by atoms with van der Waals surface area (Å²) >= 11 is 0. The number of aliphatic hydroxyl groups excluding tert-OH is 1. The Bertz CT molecular complexity index is 520. The van der Waals surface area contributed by atoms with E-state index in [-0.39, 0.29) is 12.0 Å². The van der Waals surface area contributed by atoms with Crippen molar-refractivity contribution in [2.24, 2.45) is 0 Å². The number of nitrogens with zero attached hydrogens (tertiary/aromatic N) is 1. The molecular weight excluding hydrogens is 236 g/mol. The van der Waals surface area contributed by atoms with Crippen LogP contribution in [0.3, 0.4) is 0 Å². The van der Waals surface area contributed by atoms with Gasteiger partial charge in [-0.15, -0.1) is 0 Å². The number of benzene rings is 1. The van der Waals surface area contributed by atoms with Crippen LogP contribution in [0.15, 0.2) is 30.5 Å². The summed E-state index contributed by atoms with van der Waals surface area (Å²) in [4.78, 5) is 7.63. The van der Waals surface area contributed by atoms with Crippen LogP contribution in [0.2, 0.25) is 0 Å². The fourth-order valence-electron chi connectivity index (χ4n) is 2.03. The number of aromatic nitrogens is 2. The molecule has 2 aromatic rings. The zero-order chi connectivity index (χ0) is 13.9. The maximum absolute atomic E-state index is 8.82. The number of hydrogen-bond donors (Lipinski definition) is 2. The van der Waals surface area contributed by atoms with E-state index in [9.17, 15) is 0 Å². The molecule has 2 rings (SSSR count). The molecule has 0 amide bonds. The molecule has 0 aliphatic rings. The summed E-state index contributed by atoms with van der Waals surface area (Å²) in [7, 11) is 0. The topological polar surface area (TPSA) is 48.9 Å². The second-order valence-electron chi connectivity index (χ2n) is 5.90. The lowest BCUT2D eigenvalue weighted by Crippen LogP contribution is -2.10. The van der Waals surface area contributed by atoms with E-state index in [2.05, 4.69) is 55.0 Å². The maximum Gasteiger partial charge on any atom is 0.106 e. The minimum Gasteiger partial charge on any atom is -0.396 e. The average Bonchev–Trinajstić information content (AvgIpc) is 2.84. The van der Waals surface area contributed by atoms with Crippen molar-refractivity contribution in [2.45, 2.75) is 39.0 Å². The number of aromatic amines is 1. The van der Waals surface area contributed by atoms with E-state index in [4.69, 9.17) is 5.11 Å². The van der Waals surface area contributed by atoms with E-state index in [0.717, 1.165) is 29.9 Å². The number of hydrogen-bond acceptors (Lipinski definition) is 2. The van der Waals surface area contributed by atoms with Crippen molar-refractivity contribution in [3.63, 3.8) is 0 Å². The Balaban J connectivity index is 2.16. The van der Waals surface area contributed by atoms with Gasteiger partial charge in [-0.2, -0.15) is 0 Å². The van der Waals surface area contributed by atoms with Gasteiger partial charge in [0.25, 0.3) is 0 Å². The smallest absolute Gasteiger partial charge is 0.106 e. The molecule has 0 saturated heterocycles. The van der Waals surface area contributed by atoms with Crippen molar-refractivity contribution < 1.29 is 5.11 Å². The first-order valence-corrected chi connectivity index (χ1v) is 6.76. The first kappa shape index (κ1) is 13.8. The monoisotopic (exact) mass is 258 g/mol. The van der Waals surface area contributed by atoms with E-state index >= 15 is 0 Å². The minimum atomic E-state index is 0.179. The van der Waals surface area contributed by atoms with Crippen molar-refractivity contribution in [2.75, 3.05) is 6.61 Å². The molecule has 0 fully saturated rings. The molecule has 0 saturated carbocycles. The van der Waals surface area contributed by atoms with Crippen molar-refractivity contribution in [3.8, 4) is 11.3 Å². The van der Waals surface area contributed by atoms with Crippen LogP contribution in [0.1, 0.15) is 38.6 Å². The molecule has 0 aliphatic carbocycles. The van der Waals surface area contributed by atoms with Gasteiger partial charge in [-0.25, -0.2) is 4.98 Å². The van der Waals surface area contributed by atoms with Gasteiger partial charge in [0.1, 0.15) is 5.82 Å². The summed E-state index contributed by atoms with van der Waals surface area (Å²) in [5, 5.41) is 8.82. The van der Waals surface area contributed by atoms with Crippen LogP contribution in [-0.4, -0.2) is 21.7 Å². The Kier molecular flexibility index (Phi) is 4.05. The first-order chi connectivity index (χ1) is 9.00. The molecule has 19 heavy (non-hydrogen) atoms. The molecule has 0 aliphatic heterocycles. The third kappa shape index (κ3) is 3.44. The molecule has 0 unspecified atom stereocenters. The number of nitrogens with one attached hydrogen (secondary N) is 1. The molecule has 1 heterocycles. The van der Waals surface area contributed by atoms with Crippen molar-refractivity contribution >= 4 is 0 Å². The van der Waals surface area contributed by atoms with Gasteiger partial charge in [0.15, 0.2) is 0 Å². The molecule has 0 radical (unpaired) electrons. The van der Waals surface area contributed by atoms with Crippen molar-refractivity contribution in [3.05, 3.63) is 41.9 Å². The van der Waals surface area contributed by atoms with E-state index in [1.165, 1.54) is 5.56 Å². The molecule has 0 spiro atoms. The molecular formula is C16H22N2O. The SMILES string of the molecule is CC(C)(C)c1ccc(-c2cnc(CCCO)[nH]2)cc1. The summed E-state index contributed by atoms with van der Waals surface area (Å²) < 4.78 is 0. The van der Waals surface area contributed by atoms with E-state index in [0.29, 0.717) is 0 Å². The quantitative estimate of drug-likeness (QED) is 0.884. The third-order valence-corrected chi connectivity index (χ3v) is 3.26. The molecule has 1 aromatic heterocycles. The van der Waals surface area contributed by atoms with Crippen LogP contribution < -0.4 is 0 Å². The maximum atomic E-state index is 8.82. The Morgan fingerprint density at radius 3 is 2.42 bits per heavy atom. The summed E-state index contributed by atoms with van der Waals surface area (Å²) in [6, 6.07) is 8.60. The number of imidazole rings is 1. The van der Waals surface area contributed by atoms with Gasteiger partial charge >= 0.3 is 0 Å². The number of rotatable bonds is 4. The van der Waals surface area contributed by atoms with Crippen molar-refractivity contribution in [1.29, 1.82) is 0 Å². The van der Waals surface area contributed by atoms with Gasteiger partial charge in [-0.05, 0) is 23.0 Å².